The smallest absolute Gasteiger partial charge is 0.0983 e. The van der Waals surface area contributed by atoms with Crippen LogP contribution >= 0.6 is 0 Å². The van der Waals surface area contributed by atoms with Crippen molar-refractivity contribution in [2.75, 3.05) is 6.61 Å². The highest BCUT2D eigenvalue weighted by atomic mass is 16.6. The number of hydrogen-bond donors (Lipinski definition) is 0. The first-order valence-corrected chi connectivity index (χ1v) is 11.3. The highest BCUT2D eigenvalue weighted by Crippen LogP contribution is 2.70. The topological polar surface area (TPSA) is 12.5 Å². The van der Waals surface area contributed by atoms with Crippen molar-refractivity contribution >= 4 is 0 Å². The van der Waals surface area contributed by atoms with E-state index in [1.807, 2.05) is 0 Å². The Hall–Kier alpha value is -0.300. The normalized spacial score (nSPS) is 57.3. The van der Waals surface area contributed by atoms with Gasteiger partial charge in [-0.05, 0) is 98.2 Å². The second kappa shape index (κ2) is 5.60. The van der Waals surface area contributed by atoms with E-state index >= 15 is 0 Å². The summed E-state index contributed by atoms with van der Waals surface area (Å²) in [7, 11) is 0. The van der Waals surface area contributed by atoms with Crippen LogP contribution in [-0.4, -0.2) is 12.2 Å². The van der Waals surface area contributed by atoms with Gasteiger partial charge >= 0.3 is 0 Å². The maximum atomic E-state index is 6.11. The molecule has 25 heavy (non-hydrogen) atoms. The fourth-order valence-corrected chi connectivity index (χ4v) is 8.96. The van der Waals surface area contributed by atoms with E-state index in [4.69, 9.17) is 4.74 Å². The quantitative estimate of drug-likeness (QED) is 0.428. The van der Waals surface area contributed by atoms with Gasteiger partial charge in [0.25, 0.3) is 0 Å². The fourth-order valence-electron chi connectivity index (χ4n) is 8.96. The molecule has 0 spiro atoms. The van der Waals surface area contributed by atoms with Crippen molar-refractivity contribution in [3.63, 3.8) is 0 Å². The highest BCUT2D eigenvalue weighted by molar-refractivity contribution is 5.15. The maximum Gasteiger partial charge on any atom is 0.0983 e. The molecule has 1 heterocycles. The minimum absolute atomic E-state index is 0.185. The Morgan fingerprint density at radius 1 is 0.920 bits per heavy atom. The molecule has 4 saturated carbocycles. The summed E-state index contributed by atoms with van der Waals surface area (Å²) in [5, 5.41) is 0. The summed E-state index contributed by atoms with van der Waals surface area (Å²) in [6.45, 7) is 10.4. The summed E-state index contributed by atoms with van der Waals surface area (Å²) in [4.78, 5) is 0. The minimum atomic E-state index is 0.185. The SMILES string of the molecule is C=CCC1([C@H]2CC[C@H]3[C@@H]4CCC5CCCC[C@]5(C)[C@H]4CC[C@]23C)CO1. The van der Waals surface area contributed by atoms with Crippen LogP contribution in [0.4, 0.5) is 0 Å². The molecule has 0 aromatic rings. The van der Waals surface area contributed by atoms with E-state index in [1.165, 1.54) is 64.2 Å². The van der Waals surface area contributed by atoms with Gasteiger partial charge in [-0.1, -0.05) is 32.8 Å². The van der Waals surface area contributed by atoms with E-state index in [0.717, 1.165) is 42.6 Å². The molecule has 0 bridgehead atoms. The third-order valence-electron chi connectivity index (χ3n) is 10.2. The van der Waals surface area contributed by atoms with Crippen molar-refractivity contribution in [2.24, 2.45) is 40.4 Å². The standard InChI is InChI=1S/C24H38O/c1-4-13-24(16-25-24)21-11-10-19-18-9-8-17-7-5-6-14-22(17,2)20(18)12-15-23(19,21)3/h4,17-21H,1,5-16H2,2-3H3/t17?,18-,19-,20-,21-,22-,23-,24?/m0/s1. The lowest BCUT2D eigenvalue weighted by Gasteiger charge is -2.60. The van der Waals surface area contributed by atoms with Crippen molar-refractivity contribution in [1.29, 1.82) is 0 Å². The van der Waals surface area contributed by atoms with E-state index in [9.17, 15) is 0 Å². The van der Waals surface area contributed by atoms with Gasteiger partial charge in [-0.3, -0.25) is 0 Å². The van der Waals surface area contributed by atoms with E-state index in [1.54, 1.807) is 0 Å². The van der Waals surface area contributed by atoms with Crippen LogP contribution in [0.2, 0.25) is 0 Å². The Morgan fingerprint density at radius 2 is 1.72 bits per heavy atom. The summed E-state index contributed by atoms with van der Waals surface area (Å²) < 4.78 is 6.11. The Morgan fingerprint density at radius 3 is 2.48 bits per heavy atom. The van der Waals surface area contributed by atoms with Crippen LogP contribution < -0.4 is 0 Å². The van der Waals surface area contributed by atoms with E-state index in [0.29, 0.717) is 10.8 Å². The predicted molar refractivity (Wildman–Crippen MR) is 103 cm³/mol. The second-order valence-corrected chi connectivity index (χ2v) is 10.9. The zero-order valence-corrected chi connectivity index (χ0v) is 16.6. The zero-order chi connectivity index (χ0) is 17.3. The van der Waals surface area contributed by atoms with Gasteiger partial charge in [0.1, 0.15) is 0 Å². The monoisotopic (exact) mass is 342 g/mol. The van der Waals surface area contributed by atoms with Gasteiger partial charge in [-0.2, -0.15) is 0 Å². The molecule has 0 radical (unpaired) electrons. The van der Waals surface area contributed by atoms with Crippen LogP contribution in [0.25, 0.3) is 0 Å². The maximum absolute atomic E-state index is 6.11. The number of ether oxygens (including phenoxy) is 1. The lowest BCUT2D eigenvalue weighted by atomic mass is 9.44. The molecule has 4 aliphatic carbocycles. The van der Waals surface area contributed by atoms with Crippen LogP contribution in [0.5, 0.6) is 0 Å². The minimum Gasteiger partial charge on any atom is -0.369 e. The average Bonchev–Trinajstić information content (AvgIpc) is 3.27. The van der Waals surface area contributed by atoms with Crippen LogP contribution in [0.1, 0.15) is 84.5 Å². The molecule has 1 saturated heterocycles. The molecule has 5 rings (SSSR count). The van der Waals surface area contributed by atoms with E-state index in [2.05, 4.69) is 26.5 Å². The molecule has 0 aromatic heterocycles. The molecule has 1 aliphatic heterocycles. The lowest BCUT2D eigenvalue weighted by Crippen LogP contribution is -2.53. The van der Waals surface area contributed by atoms with E-state index in [-0.39, 0.29) is 5.60 Å². The average molecular weight is 343 g/mol. The van der Waals surface area contributed by atoms with Crippen molar-refractivity contribution in [1.82, 2.24) is 0 Å². The lowest BCUT2D eigenvalue weighted by molar-refractivity contribution is -0.115. The number of hydrogen-bond acceptors (Lipinski definition) is 1. The first-order chi connectivity index (χ1) is 12.0. The predicted octanol–water partition coefficient (Wildman–Crippen LogP) is 6.38. The van der Waals surface area contributed by atoms with Gasteiger partial charge in [0.15, 0.2) is 0 Å². The van der Waals surface area contributed by atoms with Crippen LogP contribution in [0, 0.1) is 40.4 Å². The molecule has 0 aromatic carbocycles. The molecule has 1 heteroatoms. The summed E-state index contributed by atoms with van der Waals surface area (Å²) in [6, 6.07) is 0. The summed E-state index contributed by atoms with van der Waals surface area (Å²) >= 11 is 0. The Labute approximate surface area is 155 Å². The van der Waals surface area contributed by atoms with Crippen molar-refractivity contribution in [2.45, 2.75) is 90.1 Å². The Balaban J connectivity index is 1.42. The fraction of sp³-hybridized carbons (Fsp3) is 0.917. The Bertz CT molecular complexity index is 548. The second-order valence-electron chi connectivity index (χ2n) is 10.9. The molecule has 140 valence electrons. The van der Waals surface area contributed by atoms with Crippen LogP contribution in [-0.2, 0) is 4.74 Å². The van der Waals surface area contributed by atoms with Crippen LogP contribution in [0.3, 0.4) is 0 Å². The first kappa shape index (κ1) is 16.8. The number of rotatable bonds is 3. The molecule has 0 amide bonds. The number of epoxide rings is 1. The largest absolute Gasteiger partial charge is 0.369 e. The summed E-state index contributed by atoms with van der Waals surface area (Å²) in [5.41, 5.74) is 1.40. The van der Waals surface area contributed by atoms with Gasteiger partial charge in [-0.15, -0.1) is 6.58 Å². The highest BCUT2D eigenvalue weighted by Gasteiger charge is 2.65. The molecule has 2 unspecified atom stereocenters. The summed E-state index contributed by atoms with van der Waals surface area (Å²) in [5.74, 6) is 4.85. The molecule has 5 fully saturated rings. The number of fused-ring (bicyclic) bond motifs is 5. The molecule has 0 N–H and O–H groups in total. The molecule has 8 atom stereocenters. The van der Waals surface area contributed by atoms with Crippen molar-refractivity contribution < 1.29 is 4.74 Å². The zero-order valence-electron chi connectivity index (χ0n) is 16.6. The van der Waals surface area contributed by atoms with Gasteiger partial charge in [-0.25, -0.2) is 0 Å². The third-order valence-corrected chi connectivity index (χ3v) is 10.2. The summed E-state index contributed by atoms with van der Waals surface area (Å²) in [6.07, 6.45) is 18.2. The molecular weight excluding hydrogens is 304 g/mol. The van der Waals surface area contributed by atoms with Gasteiger partial charge in [0.05, 0.1) is 12.2 Å². The molecule has 5 aliphatic rings. The van der Waals surface area contributed by atoms with Crippen molar-refractivity contribution in [3.8, 4) is 0 Å². The van der Waals surface area contributed by atoms with Crippen LogP contribution in [0.15, 0.2) is 12.7 Å². The third kappa shape index (κ3) is 2.23. The van der Waals surface area contributed by atoms with Crippen molar-refractivity contribution in [3.05, 3.63) is 12.7 Å². The van der Waals surface area contributed by atoms with Gasteiger partial charge in [0, 0.05) is 0 Å². The first-order valence-electron chi connectivity index (χ1n) is 11.3. The molecular formula is C24H38O. The molecule has 1 nitrogen and oxygen atoms in total. The van der Waals surface area contributed by atoms with E-state index < -0.39 is 0 Å². The van der Waals surface area contributed by atoms with Gasteiger partial charge < -0.3 is 4.74 Å². The Kier molecular flexibility index (Phi) is 3.77. The van der Waals surface area contributed by atoms with Gasteiger partial charge in [0.2, 0.25) is 0 Å².